The average molecular weight is 476 g/mol. The van der Waals surface area contributed by atoms with Crippen LogP contribution in [0.4, 0.5) is 25.8 Å². The van der Waals surface area contributed by atoms with Crippen molar-refractivity contribution in [2.45, 2.75) is 25.5 Å². The normalized spacial score (nSPS) is 14.6. The summed E-state index contributed by atoms with van der Waals surface area (Å²) in [5.74, 6) is -2.07. The quantitative estimate of drug-likeness (QED) is 0.350. The highest BCUT2D eigenvalue weighted by Crippen LogP contribution is 2.38. The molecular weight excluding hydrogens is 452 g/mol. The average Bonchev–Trinajstić information content (AvgIpc) is 3.48. The third-order valence-corrected chi connectivity index (χ3v) is 5.04. The number of nitrogens with one attached hydrogen (secondary N) is 2. The van der Waals surface area contributed by atoms with E-state index in [9.17, 15) is 23.7 Å². The molecule has 0 radical (unpaired) electrons. The smallest absolute Gasteiger partial charge is 0.387 e. The number of aromatic nitrogens is 2. The minimum atomic E-state index is -3.35. The predicted molar refractivity (Wildman–Crippen MR) is 119 cm³/mol. The summed E-state index contributed by atoms with van der Waals surface area (Å²) in [6.45, 7) is -3.35. The number of hydrogen-bond acceptors (Lipinski definition) is 7. The molecule has 0 atom stereocenters. The summed E-state index contributed by atoms with van der Waals surface area (Å²) in [4.78, 5) is 23.9. The molecule has 1 aliphatic carbocycles. The number of anilines is 2. The molecule has 10 nitrogen and oxygen atoms in total. The third kappa shape index (κ3) is 5.05. The molecule has 4 rings (SSSR count). The number of carbonyl (C=O) groups excluding carboxylic acids is 1. The molecular formula is C22H21F2N5O5. The Bertz CT molecular complexity index is 1340. The fraction of sp³-hybridized carbons (Fsp3) is 0.273. The number of halogens is 2. The van der Waals surface area contributed by atoms with Crippen molar-refractivity contribution in [3.63, 3.8) is 0 Å². The van der Waals surface area contributed by atoms with Crippen molar-refractivity contribution < 1.29 is 32.1 Å². The highest BCUT2D eigenvalue weighted by molar-refractivity contribution is 6.01. The number of alkyl halides is 2. The lowest BCUT2D eigenvalue weighted by molar-refractivity contribution is -0.383. The maximum absolute atomic E-state index is 13.2. The molecule has 178 valence electrons. The van der Waals surface area contributed by atoms with Crippen LogP contribution in [-0.4, -0.2) is 40.3 Å². The molecule has 1 aromatic heterocycles. The van der Waals surface area contributed by atoms with Crippen molar-refractivity contribution >= 4 is 23.0 Å². The van der Waals surface area contributed by atoms with Crippen LogP contribution in [0.15, 0.2) is 42.7 Å². The standard InChI is InChI=1S/C22H21F2N5O5/c1-28-11-13(10-25-28)12-3-6-16(17(7-12)29(31)32)26-15-8-18(33-2)20(19(9-15)34-22(23)24)21(30)27-14-4-5-14/h3,6-11,14,22,26H,4-5H2,1-2H3,(H,27,30)/i2D3. The second kappa shape index (κ2) is 9.33. The summed E-state index contributed by atoms with van der Waals surface area (Å²) >= 11 is 0. The van der Waals surface area contributed by atoms with E-state index in [0.717, 1.165) is 12.1 Å². The highest BCUT2D eigenvalue weighted by atomic mass is 19.3. The van der Waals surface area contributed by atoms with Gasteiger partial charge in [-0.3, -0.25) is 19.6 Å². The van der Waals surface area contributed by atoms with E-state index >= 15 is 0 Å². The van der Waals surface area contributed by atoms with Gasteiger partial charge in [-0.1, -0.05) is 6.07 Å². The number of hydrogen-bond donors (Lipinski definition) is 2. The van der Waals surface area contributed by atoms with Crippen molar-refractivity contribution in [2.75, 3.05) is 12.4 Å². The van der Waals surface area contributed by atoms with E-state index in [1.807, 2.05) is 0 Å². The van der Waals surface area contributed by atoms with Crippen LogP contribution < -0.4 is 20.1 Å². The van der Waals surface area contributed by atoms with Crippen LogP contribution in [0.5, 0.6) is 11.5 Å². The van der Waals surface area contributed by atoms with E-state index in [4.69, 9.17) is 8.85 Å². The topological polar surface area (TPSA) is 121 Å². The lowest BCUT2D eigenvalue weighted by Crippen LogP contribution is -2.26. The molecule has 12 heteroatoms. The molecule has 0 saturated heterocycles. The number of carbonyl (C=O) groups is 1. The van der Waals surface area contributed by atoms with Gasteiger partial charge in [0, 0.05) is 48.7 Å². The summed E-state index contributed by atoms with van der Waals surface area (Å²) in [6, 6.07) is 6.19. The first-order chi connectivity index (χ1) is 17.4. The van der Waals surface area contributed by atoms with Crippen LogP contribution in [0, 0.1) is 10.1 Å². The SMILES string of the molecule is [2H]C([2H])([2H])Oc1cc(Nc2ccc(-c3cnn(C)c3)cc2[N+](=O)[O-])cc(OC(F)F)c1C(=O)NC1CC1. The van der Waals surface area contributed by atoms with Gasteiger partial charge >= 0.3 is 6.61 Å². The number of nitro benzene ring substituents is 1. The van der Waals surface area contributed by atoms with Crippen molar-refractivity contribution in [1.82, 2.24) is 15.1 Å². The summed E-state index contributed by atoms with van der Waals surface area (Å²) in [5, 5.41) is 21.1. The molecule has 1 heterocycles. The minimum Gasteiger partial charge on any atom is -0.496 e. The number of benzene rings is 2. The molecule has 1 fully saturated rings. The third-order valence-electron chi connectivity index (χ3n) is 5.04. The van der Waals surface area contributed by atoms with E-state index < -0.39 is 41.5 Å². The van der Waals surface area contributed by atoms with Crippen LogP contribution >= 0.6 is 0 Å². The van der Waals surface area contributed by atoms with Gasteiger partial charge in [0.15, 0.2) is 0 Å². The van der Waals surface area contributed by atoms with E-state index in [1.165, 1.54) is 23.0 Å². The Morgan fingerprint density at radius 1 is 1.29 bits per heavy atom. The molecule has 2 N–H and O–H groups in total. The Balaban J connectivity index is 1.77. The zero-order chi connectivity index (χ0) is 26.9. The Morgan fingerprint density at radius 2 is 2.06 bits per heavy atom. The Morgan fingerprint density at radius 3 is 2.68 bits per heavy atom. The summed E-state index contributed by atoms with van der Waals surface area (Å²) in [5.41, 5.74) is 0.127. The van der Waals surface area contributed by atoms with Gasteiger partial charge in [0.1, 0.15) is 22.7 Å². The minimum absolute atomic E-state index is 0.0318. The lowest BCUT2D eigenvalue weighted by atomic mass is 10.1. The summed E-state index contributed by atoms with van der Waals surface area (Å²) in [7, 11) is -1.34. The van der Waals surface area contributed by atoms with Crippen molar-refractivity contribution in [1.29, 1.82) is 0 Å². The van der Waals surface area contributed by atoms with Crippen LogP contribution in [0.25, 0.3) is 11.1 Å². The van der Waals surface area contributed by atoms with Gasteiger partial charge in [0.25, 0.3) is 11.6 Å². The predicted octanol–water partition coefficient (Wildman–Crippen LogP) is 4.24. The molecule has 34 heavy (non-hydrogen) atoms. The molecule has 2 aromatic carbocycles. The van der Waals surface area contributed by atoms with Crippen LogP contribution in [0.2, 0.25) is 0 Å². The van der Waals surface area contributed by atoms with Gasteiger partial charge in [-0.25, -0.2) is 0 Å². The fourth-order valence-corrected chi connectivity index (χ4v) is 3.33. The van der Waals surface area contributed by atoms with Crippen molar-refractivity contribution in [2.24, 2.45) is 7.05 Å². The number of amides is 1. The van der Waals surface area contributed by atoms with E-state index in [2.05, 4.69) is 20.5 Å². The van der Waals surface area contributed by atoms with Crippen LogP contribution in [0.1, 0.15) is 27.3 Å². The molecule has 1 saturated carbocycles. The molecule has 0 unspecified atom stereocenters. The Kier molecular flexibility index (Phi) is 5.29. The van der Waals surface area contributed by atoms with Crippen molar-refractivity contribution in [3.05, 3.63) is 58.4 Å². The second-order valence-electron chi connectivity index (χ2n) is 7.59. The highest BCUT2D eigenvalue weighted by Gasteiger charge is 2.29. The maximum atomic E-state index is 13.2. The number of nitro groups is 1. The molecule has 3 aromatic rings. The second-order valence-corrected chi connectivity index (χ2v) is 7.59. The first-order valence-electron chi connectivity index (χ1n) is 11.6. The Hall–Kier alpha value is -4.22. The van der Waals surface area contributed by atoms with Gasteiger partial charge in [0.05, 0.1) is 22.3 Å². The van der Waals surface area contributed by atoms with E-state index in [1.54, 1.807) is 19.3 Å². The number of aryl methyl sites for hydroxylation is 1. The zero-order valence-corrected chi connectivity index (χ0v) is 17.7. The molecule has 0 spiro atoms. The molecule has 1 amide bonds. The largest absolute Gasteiger partial charge is 0.496 e. The van der Waals surface area contributed by atoms with Crippen molar-refractivity contribution in [3.8, 4) is 22.6 Å². The number of ether oxygens (including phenoxy) is 2. The van der Waals surface area contributed by atoms with Gasteiger partial charge < -0.3 is 20.1 Å². The number of methoxy groups -OCH3 is 1. The first kappa shape index (κ1) is 19.3. The first-order valence-corrected chi connectivity index (χ1v) is 10.1. The zero-order valence-electron chi connectivity index (χ0n) is 20.7. The summed E-state index contributed by atoms with van der Waals surface area (Å²) < 4.78 is 59.7. The fourth-order valence-electron chi connectivity index (χ4n) is 3.33. The monoisotopic (exact) mass is 476 g/mol. The Labute approximate surface area is 196 Å². The maximum Gasteiger partial charge on any atom is 0.387 e. The number of rotatable bonds is 9. The molecule has 1 aliphatic rings. The van der Waals surface area contributed by atoms with Gasteiger partial charge in [-0.15, -0.1) is 0 Å². The van der Waals surface area contributed by atoms with E-state index in [-0.39, 0.29) is 23.1 Å². The van der Waals surface area contributed by atoms with Gasteiger partial charge in [-0.05, 0) is 24.5 Å². The lowest BCUT2D eigenvalue weighted by Gasteiger charge is -2.17. The van der Waals surface area contributed by atoms with Gasteiger partial charge in [0.2, 0.25) is 0 Å². The summed E-state index contributed by atoms with van der Waals surface area (Å²) in [6.07, 6.45) is 4.57. The van der Waals surface area contributed by atoms with Gasteiger partial charge in [-0.2, -0.15) is 13.9 Å². The van der Waals surface area contributed by atoms with Crippen LogP contribution in [0.3, 0.4) is 0 Å². The number of nitrogens with zero attached hydrogens (tertiary/aromatic N) is 3. The molecule has 0 aliphatic heterocycles. The molecule has 0 bridgehead atoms. The van der Waals surface area contributed by atoms with E-state index in [0.29, 0.717) is 24.0 Å². The van der Waals surface area contributed by atoms with Crippen LogP contribution in [-0.2, 0) is 7.05 Å².